The number of carbonyl (C=O) groups is 3. The van der Waals surface area contributed by atoms with Gasteiger partial charge in [0.05, 0.1) is 34.7 Å². The summed E-state index contributed by atoms with van der Waals surface area (Å²) in [5.41, 5.74) is 0.891. The molecule has 10 nitrogen and oxygen atoms in total. The first-order valence-electron chi connectivity index (χ1n) is 9.90. The third-order valence-corrected chi connectivity index (χ3v) is 8.64. The normalized spacial score (nSPS) is 20.2. The van der Waals surface area contributed by atoms with Crippen LogP contribution >= 0.6 is 22.7 Å². The summed E-state index contributed by atoms with van der Waals surface area (Å²) in [5, 5.41) is 13.0. The first kappa shape index (κ1) is 22.6. The summed E-state index contributed by atoms with van der Waals surface area (Å²) >= 11 is 2.77. The van der Waals surface area contributed by atoms with Gasteiger partial charge in [-0.2, -0.15) is 5.10 Å². The summed E-state index contributed by atoms with van der Waals surface area (Å²) < 4.78 is 23.5. The van der Waals surface area contributed by atoms with E-state index in [0.717, 1.165) is 9.75 Å². The molecule has 2 aliphatic rings. The Labute approximate surface area is 192 Å². The zero-order valence-electron chi connectivity index (χ0n) is 17.2. The molecule has 170 valence electrons. The maximum atomic E-state index is 12.7. The average molecular weight is 496 g/mol. The van der Waals surface area contributed by atoms with E-state index in [1.54, 1.807) is 0 Å². The van der Waals surface area contributed by atoms with Crippen molar-refractivity contribution in [3.05, 3.63) is 22.4 Å². The van der Waals surface area contributed by atoms with Gasteiger partial charge >= 0.3 is 0 Å². The fraction of sp³-hybridized carbons (Fsp3) is 0.421. The lowest BCUT2D eigenvalue weighted by molar-refractivity contribution is -0.133. The topological polar surface area (TPSA) is 138 Å². The van der Waals surface area contributed by atoms with Gasteiger partial charge in [0.25, 0.3) is 5.91 Å². The molecular formula is C19H21N5O5S3. The highest BCUT2D eigenvalue weighted by atomic mass is 32.2. The van der Waals surface area contributed by atoms with Crippen molar-refractivity contribution in [1.82, 2.24) is 15.3 Å². The summed E-state index contributed by atoms with van der Waals surface area (Å²) in [6, 6.07) is 3.30. The molecule has 13 heteroatoms. The fourth-order valence-corrected chi connectivity index (χ4v) is 6.80. The van der Waals surface area contributed by atoms with Crippen LogP contribution in [0.15, 0.2) is 22.6 Å². The van der Waals surface area contributed by atoms with Crippen LogP contribution in [0.1, 0.15) is 31.1 Å². The number of hydrogen-bond donors (Lipinski definition) is 2. The highest BCUT2D eigenvalue weighted by molar-refractivity contribution is 7.91. The molecule has 0 aliphatic carbocycles. The summed E-state index contributed by atoms with van der Waals surface area (Å²) in [5.74, 6) is -0.929. The Morgan fingerprint density at radius 2 is 2.09 bits per heavy atom. The molecule has 4 rings (SSSR count). The van der Waals surface area contributed by atoms with Crippen molar-refractivity contribution in [2.75, 3.05) is 16.8 Å². The van der Waals surface area contributed by atoms with Gasteiger partial charge in [0, 0.05) is 30.0 Å². The Morgan fingerprint density at radius 3 is 2.81 bits per heavy atom. The van der Waals surface area contributed by atoms with E-state index in [1.165, 1.54) is 34.6 Å². The van der Waals surface area contributed by atoms with E-state index in [9.17, 15) is 22.8 Å². The first-order chi connectivity index (χ1) is 15.2. The van der Waals surface area contributed by atoms with E-state index >= 15 is 0 Å². The average Bonchev–Trinajstić information content (AvgIpc) is 3.46. The minimum atomic E-state index is -3.18. The van der Waals surface area contributed by atoms with Crippen LogP contribution in [0.5, 0.6) is 0 Å². The Bertz CT molecular complexity index is 1200. The van der Waals surface area contributed by atoms with Crippen LogP contribution in [0.3, 0.4) is 0 Å². The minimum Gasteiger partial charge on any atom is -0.351 e. The number of hydrazone groups is 1. The molecule has 1 unspecified atom stereocenters. The third kappa shape index (κ3) is 5.22. The fourth-order valence-electron chi connectivity index (χ4n) is 3.42. The van der Waals surface area contributed by atoms with Crippen molar-refractivity contribution in [2.24, 2.45) is 5.10 Å². The quantitative estimate of drug-likeness (QED) is 0.624. The molecule has 1 atom stereocenters. The van der Waals surface area contributed by atoms with Gasteiger partial charge in [-0.15, -0.1) is 22.7 Å². The van der Waals surface area contributed by atoms with Gasteiger partial charge in [0.2, 0.25) is 11.8 Å². The maximum Gasteiger partial charge on any atom is 0.273 e. The van der Waals surface area contributed by atoms with Gasteiger partial charge in [0.1, 0.15) is 5.71 Å². The van der Waals surface area contributed by atoms with E-state index in [1.807, 2.05) is 17.5 Å². The van der Waals surface area contributed by atoms with Gasteiger partial charge in [0.15, 0.2) is 15.0 Å². The van der Waals surface area contributed by atoms with Crippen molar-refractivity contribution in [3.8, 4) is 10.6 Å². The van der Waals surface area contributed by atoms with E-state index in [-0.39, 0.29) is 41.9 Å². The SMILES string of the molecule is CC(=O)NCc1ccc(-c2csc(NC(=O)C3=NN(C4CCS(=O)(=O)C4)C(=O)CC3)n2)s1. The molecule has 2 N–H and O–H groups in total. The van der Waals surface area contributed by atoms with Crippen LogP contribution in [0.2, 0.25) is 0 Å². The summed E-state index contributed by atoms with van der Waals surface area (Å²) in [6.07, 6.45) is 0.627. The van der Waals surface area contributed by atoms with E-state index in [2.05, 4.69) is 20.7 Å². The summed E-state index contributed by atoms with van der Waals surface area (Å²) in [6.45, 7) is 1.91. The molecule has 2 aromatic rings. The van der Waals surface area contributed by atoms with Gasteiger partial charge in [-0.25, -0.2) is 18.4 Å². The number of amides is 3. The molecule has 2 aliphatic heterocycles. The third-order valence-electron chi connectivity index (χ3n) is 5.03. The molecular weight excluding hydrogens is 474 g/mol. The van der Waals surface area contributed by atoms with Crippen molar-refractivity contribution in [2.45, 2.75) is 38.8 Å². The Hall–Kier alpha value is -2.64. The van der Waals surface area contributed by atoms with Crippen LogP contribution < -0.4 is 10.6 Å². The number of carbonyl (C=O) groups excluding carboxylic acids is 3. The summed E-state index contributed by atoms with van der Waals surface area (Å²) in [4.78, 5) is 42.3. The van der Waals surface area contributed by atoms with Crippen molar-refractivity contribution >= 4 is 61.1 Å². The van der Waals surface area contributed by atoms with Gasteiger partial charge in [-0.05, 0) is 18.6 Å². The molecule has 0 saturated carbocycles. The first-order valence-corrected chi connectivity index (χ1v) is 13.4. The van der Waals surface area contributed by atoms with E-state index in [4.69, 9.17) is 0 Å². The monoisotopic (exact) mass is 495 g/mol. The highest BCUT2D eigenvalue weighted by Crippen LogP contribution is 2.31. The molecule has 3 amide bonds. The maximum absolute atomic E-state index is 12.7. The molecule has 32 heavy (non-hydrogen) atoms. The number of thiophene rings is 1. The second kappa shape index (κ2) is 9.08. The predicted molar refractivity (Wildman–Crippen MR) is 122 cm³/mol. The number of thiazole rings is 1. The van der Waals surface area contributed by atoms with Crippen molar-refractivity contribution in [1.29, 1.82) is 0 Å². The standard InChI is InChI=1S/C19H21N5O5S3/c1-11(25)20-8-13-2-4-16(31-13)15-9-30-19(21-15)22-18(27)14-3-5-17(26)24(23-14)12-6-7-32(28,29)10-12/h2,4,9,12H,3,5-8,10H2,1H3,(H,20,25)(H,21,22,27). The van der Waals surface area contributed by atoms with Crippen LogP contribution in [0, 0.1) is 0 Å². The van der Waals surface area contributed by atoms with Crippen LogP contribution in [0.25, 0.3) is 10.6 Å². The van der Waals surface area contributed by atoms with Gasteiger partial charge in [-0.3, -0.25) is 19.7 Å². The molecule has 0 radical (unpaired) electrons. The number of nitrogens with one attached hydrogen (secondary N) is 2. The number of sulfone groups is 1. The molecule has 0 bridgehead atoms. The highest BCUT2D eigenvalue weighted by Gasteiger charge is 2.37. The number of aromatic nitrogens is 1. The zero-order valence-corrected chi connectivity index (χ0v) is 19.6. The van der Waals surface area contributed by atoms with Crippen molar-refractivity contribution < 1.29 is 22.8 Å². The Balaban J connectivity index is 1.42. The molecule has 0 spiro atoms. The molecule has 1 saturated heterocycles. The number of hydrogen-bond acceptors (Lipinski definition) is 9. The van der Waals surface area contributed by atoms with Crippen LogP contribution in [0.4, 0.5) is 5.13 Å². The lowest BCUT2D eigenvalue weighted by Crippen LogP contribution is -2.42. The predicted octanol–water partition coefficient (Wildman–Crippen LogP) is 1.61. The molecule has 4 heterocycles. The number of anilines is 1. The molecule has 0 aromatic carbocycles. The number of rotatable bonds is 6. The summed E-state index contributed by atoms with van der Waals surface area (Å²) in [7, 11) is -3.18. The lowest BCUT2D eigenvalue weighted by atomic mass is 10.1. The number of nitrogens with zero attached hydrogens (tertiary/aromatic N) is 3. The lowest BCUT2D eigenvalue weighted by Gasteiger charge is -2.27. The van der Waals surface area contributed by atoms with Gasteiger partial charge in [-0.1, -0.05) is 0 Å². The Kier molecular flexibility index (Phi) is 6.40. The zero-order chi connectivity index (χ0) is 22.9. The van der Waals surface area contributed by atoms with E-state index in [0.29, 0.717) is 23.8 Å². The minimum absolute atomic E-state index is 0.0234. The van der Waals surface area contributed by atoms with Crippen LogP contribution in [-0.4, -0.2) is 59.4 Å². The molecule has 2 aromatic heterocycles. The smallest absolute Gasteiger partial charge is 0.273 e. The van der Waals surface area contributed by atoms with Crippen LogP contribution in [-0.2, 0) is 30.8 Å². The molecule has 1 fully saturated rings. The second-order valence-corrected chi connectivity index (χ2v) is 11.8. The van der Waals surface area contributed by atoms with Gasteiger partial charge < -0.3 is 5.32 Å². The second-order valence-electron chi connectivity index (χ2n) is 7.51. The van der Waals surface area contributed by atoms with E-state index < -0.39 is 21.8 Å². The van der Waals surface area contributed by atoms with Crippen molar-refractivity contribution in [3.63, 3.8) is 0 Å². The largest absolute Gasteiger partial charge is 0.351 e. The Morgan fingerprint density at radius 1 is 1.28 bits per heavy atom.